The Morgan fingerprint density at radius 2 is 1.77 bits per heavy atom. The van der Waals surface area contributed by atoms with E-state index in [1.807, 2.05) is 31.2 Å². The second-order valence-corrected chi connectivity index (χ2v) is 12.5. The third-order valence-corrected chi connectivity index (χ3v) is 7.67. The highest BCUT2D eigenvalue weighted by Crippen LogP contribution is 2.34. The Morgan fingerprint density at radius 1 is 1.08 bits per heavy atom. The minimum atomic E-state index is -0.725. The van der Waals surface area contributed by atoms with Crippen LogP contribution in [-0.2, 0) is 23.2 Å². The molecule has 0 fully saturated rings. The number of aliphatic hydroxyl groups excluding tert-OH is 1. The number of anilines is 1. The first kappa shape index (κ1) is 32.6. The van der Waals surface area contributed by atoms with Gasteiger partial charge in [0.2, 0.25) is 5.91 Å². The Balaban J connectivity index is 2.11. The molecular formula is C33H53N3O3. The number of carbonyl (C=O) groups is 1. The third-order valence-electron chi connectivity index (χ3n) is 7.67. The van der Waals surface area contributed by atoms with E-state index >= 15 is 0 Å². The largest absolute Gasteiger partial charge is 0.489 e. The highest BCUT2D eigenvalue weighted by molar-refractivity contribution is 5.78. The van der Waals surface area contributed by atoms with Crippen LogP contribution in [0.4, 0.5) is 5.69 Å². The molecule has 0 aliphatic carbocycles. The van der Waals surface area contributed by atoms with E-state index in [4.69, 9.17) is 16.2 Å². The molecular weight excluding hydrogens is 486 g/mol. The molecule has 1 amide bonds. The summed E-state index contributed by atoms with van der Waals surface area (Å²) in [5, 5.41) is 13.8. The molecule has 6 N–H and O–H groups in total. The maximum Gasteiger partial charge on any atom is 0.222 e. The fraction of sp³-hybridized carbons (Fsp3) is 0.606. The van der Waals surface area contributed by atoms with Crippen LogP contribution in [0.2, 0.25) is 0 Å². The zero-order chi connectivity index (χ0) is 29.2. The normalized spacial score (nSPS) is 15.0. The molecule has 6 heteroatoms. The Morgan fingerprint density at radius 3 is 2.38 bits per heavy atom. The van der Waals surface area contributed by atoms with Crippen LogP contribution in [0.25, 0.3) is 0 Å². The SMILES string of the molecule is CCCCNC(=O)C(C)C[C@H](O)[C@@H](N)C[C@H](Cc1ccc(C(C)(C)C)c(OCc2ccccc2N)c1)C(C)C. The van der Waals surface area contributed by atoms with Crippen molar-refractivity contribution >= 4 is 11.6 Å². The van der Waals surface area contributed by atoms with Crippen LogP contribution in [-0.4, -0.2) is 29.7 Å². The second-order valence-electron chi connectivity index (χ2n) is 12.5. The number of nitrogen functional groups attached to an aromatic ring is 1. The number of nitrogens with one attached hydrogen (secondary N) is 1. The predicted octanol–water partition coefficient (Wildman–Crippen LogP) is 5.98. The number of ether oxygens (including phenoxy) is 1. The topological polar surface area (TPSA) is 111 Å². The highest BCUT2D eigenvalue weighted by atomic mass is 16.5. The number of para-hydroxylation sites is 1. The molecule has 0 heterocycles. The van der Waals surface area contributed by atoms with Gasteiger partial charge in [0.25, 0.3) is 0 Å². The lowest BCUT2D eigenvalue weighted by Crippen LogP contribution is -2.41. The summed E-state index contributed by atoms with van der Waals surface area (Å²) in [5.41, 5.74) is 16.6. The smallest absolute Gasteiger partial charge is 0.222 e. The third kappa shape index (κ3) is 10.5. The summed E-state index contributed by atoms with van der Waals surface area (Å²) in [7, 11) is 0. The Kier molecular flexibility index (Phi) is 12.8. The van der Waals surface area contributed by atoms with Crippen LogP contribution >= 0.6 is 0 Å². The van der Waals surface area contributed by atoms with E-state index in [1.165, 1.54) is 5.56 Å². The van der Waals surface area contributed by atoms with E-state index in [0.717, 1.165) is 41.8 Å². The van der Waals surface area contributed by atoms with Crippen molar-refractivity contribution in [3.8, 4) is 5.75 Å². The molecule has 1 unspecified atom stereocenters. The molecule has 2 rings (SSSR count). The van der Waals surface area contributed by atoms with Crippen molar-refractivity contribution in [3.63, 3.8) is 0 Å². The summed E-state index contributed by atoms with van der Waals surface area (Å²) in [4.78, 5) is 12.4. The van der Waals surface area contributed by atoms with Crippen molar-refractivity contribution in [2.75, 3.05) is 12.3 Å². The number of rotatable bonds is 15. The van der Waals surface area contributed by atoms with Gasteiger partial charge in [0, 0.05) is 29.8 Å². The van der Waals surface area contributed by atoms with Gasteiger partial charge in [-0.2, -0.15) is 0 Å². The predicted molar refractivity (Wildman–Crippen MR) is 163 cm³/mol. The first-order chi connectivity index (χ1) is 18.3. The van der Waals surface area contributed by atoms with Gasteiger partial charge in [-0.3, -0.25) is 4.79 Å². The fourth-order valence-electron chi connectivity index (χ4n) is 4.86. The van der Waals surface area contributed by atoms with Gasteiger partial charge in [0.05, 0.1) is 6.10 Å². The zero-order valence-electron chi connectivity index (χ0n) is 25.3. The van der Waals surface area contributed by atoms with Gasteiger partial charge in [-0.15, -0.1) is 0 Å². The molecule has 0 aliphatic rings. The molecule has 4 atom stereocenters. The lowest BCUT2D eigenvalue weighted by atomic mass is 9.81. The molecule has 218 valence electrons. The van der Waals surface area contributed by atoms with E-state index in [9.17, 15) is 9.90 Å². The molecule has 6 nitrogen and oxygen atoms in total. The second kappa shape index (κ2) is 15.3. The minimum absolute atomic E-state index is 0.0150. The summed E-state index contributed by atoms with van der Waals surface area (Å²) in [6, 6.07) is 13.9. The first-order valence-corrected chi connectivity index (χ1v) is 14.6. The van der Waals surface area contributed by atoms with Crippen LogP contribution in [0.15, 0.2) is 42.5 Å². The molecule has 2 aromatic rings. The number of unbranched alkanes of at least 4 members (excludes halogenated alkanes) is 1. The average molecular weight is 540 g/mol. The van der Waals surface area contributed by atoms with E-state index in [0.29, 0.717) is 31.9 Å². The Bertz CT molecular complexity index is 1030. The van der Waals surface area contributed by atoms with Crippen molar-refractivity contribution in [3.05, 3.63) is 59.2 Å². The molecule has 0 saturated heterocycles. The van der Waals surface area contributed by atoms with Gasteiger partial charge in [-0.25, -0.2) is 0 Å². The summed E-state index contributed by atoms with van der Waals surface area (Å²) in [5.74, 6) is 1.25. The van der Waals surface area contributed by atoms with Gasteiger partial charge < -0.3 is 26.6 Å². The van der Waals surface area contributed by atoms with Crippen molar-refractivity contribution in [2.45, 2.75) is 105 Å². The average Bonchev–Trinajstić information content (AvgIpc) is 2.87. The van der Waals surface area contributed by atoms with Crippen LogP contribution in [0, 0.1) is 17.8 Å². The Hall–Kier alpha value is -2.57. The maximum absolute atomic E-state index is 12.4. The van der Waals surface area contributed by atoms with Crippen LogP contribution < -0.4 is 21.5 Å². The molecule has 0 aromatic heterocycles. The van der Waals surface area contributed by atoms with Crippen LogP contribution in [0.3, 0.4) is 0 Å². The van der Waals surface area contributed by atoms with Crippen molar-refractivity contribution < 1.29 is 14.6 Å². The summed E-state index contributed by atoms with van der Waals surface area (Å²) in [6.45, 7) is 16.0. The summed E-state index contributed by atoms with van der Waals surface area (Å²) in [6.07, 6.45) is 3.15. The first-order valence-electron chi connectivity index (χ1n) is 14.6. The van der Waals surface area contributed by atoms with Gasteiger partial charge >= 0.3 is 0 Å². The quantitative estimate of drug-likeness (QED) is 0.164. The fourth-order valence-corrected chi connectivity index (χ4v) is 4.86. The van der Waals surface area contributed by atoms with Gasteiger partial charge in [0.1, 0.15) is 12.4 Å². The van der Waals surface area contributed by atoms with Gasteiger partial charge in [-0.1, -0.05) is 85.2 Å². The van der Waals surface area contributed by atoms with E-state index < -0.39 is 12.1 Å². The number of hydrogen-bond donors (Lipinski definition) is 4. The maximum atomic E-state index is 12.4. The lowest BCUT2D eigenvalue weighted by molar-refractivity contribution is -0.125. The van der Waals surface area contributed by atoms with Crippen LogP contribution in [0.1, 0.15) is 90.8 Å². The lowest BCUT2D eigenvalue weighted by Gasteiger charge is -2.29. The number of nitrogens with two attached hydrogens (primary N) is 2. The van der Waals surface area contributed by atoms with E-state index in [2.05, 4.69) is 65.1 Å². The highest BCUT2D eigenvalue weighted by Gasteiger charge is 2.27. The van der Waals surface area contributed by atoms with E-state index in [1.54, 1.807) is 0 Å². The Labute approximate surface area is 236 Å². The summed E-state index contributed by atoms with van der Waals surface area (Å²) >= 11 is 0. The number of carbonyl (C=O) groups excluding carboxylic acids is 1. The number of hydrogen-bond acceptors (Lipinski definition) is 5. The molecule has 0 aliphatic heterocycles. The molecule has 0 radical (unpaired) electrons. The molecule has 0 bridgehead atoms. The van der Waals surface area contributed by atoms with Crippen LogP contribution in [0.5, 0.6) is 5.75 Å². The molecule has 2 aromatic carbocycles. The number of amides is 1. The standard InChI is InChI=1S/C33H53N3O3/c1-8-9-16-36-32(38)23(4)17-30(37)29(35)20-26(22(2)3)18-24-14-15-27(33(5,6)7)31(19-24)39-21-25-12-10-11-13-28(25)34/h10-15,19,22-23,26,29-30,37H,8-9,16-18,20-21,34-35H2,1-7H3,(H,36,38)/t23?,26-,29-,30-/m0/s1. The minimum Gasteiger partial charge on any atom is -0.489 e. The van der Waals surface area contributed by atoms with Crippen molar-refractivity contribution in [1.29, 1.82) is 0 Å². The molecule has 0 spiro atoms. The van der Waals surface area contributed by atoms with Crippen molar-refractivity contribution in [2.24, 2.45) is 23.5 Å². The van der Waals surface area contributed by atoms with Gasteiger partial charge in [0.15, 0.2) is 0 Å². The monoisotopic (exact) mass is 539 g/mol. The summed E-state index contributed by atoms with van der Waals surface area (Å²) < 4.78 is 6.35. The molecule has 39 heavy (non-hydrogen) atoms. The number of aliphatic hydroxyl groups is 1. The van der Waals surface area contributed by atoms with Gasteiger partial charge in [-0.05, 0) is 66.2 Å². The number of benzene rings is 2. The van der Waals surface area contributed by atoms with E-state index in [-0.39, 0.29) is 23.2 Å². The van der Waals surface area contributed by atoms with Crippen molar-refractivity contribution in [1.82, 2.24) is 5.32 Å². The zero-order valence-corrected chi connectivity index (χ0v) is 25.3. The molecule has 0 saturated carbocycles.